The number of aromatic nitrogens is 2. The maximum absolute atomic E-state index is 4.35. The van der Waals surface area contributed by atoms with Crippen LogP contribution in [0.5, 0.6) is 0 Å². The second-order valence-electron chi connectivity index (χ2n) is 6.73. The Balaban J connectivity index is 0.000000144. The standard InChI is InChI=1S/2C13H9NS.Ir/c2*1-2-7-12-10(5-1)9-13(15-12)11-6-3-4-8-14-11;/h2*1-9H;/q;;+3. The number of benzene rings is 2. The maximum atomic E-state index is 4.35. The molecule has 0 aliphatic heterocycles. The first-order chi connectivity index (χ1) is 14.9. The van der Waals surface area contributed by atoms with Crippen molar-refractivity contribution < 1.29 is 20.1 Å². The van der Waals surface area contributed by atoms with Crippen LogP contribution in [0.15, 0.2) is 109 Å². The molecule has 5 heteroatoms. The van der Waals surface area contributed by atoms with E-state index in [4.69, 9.17) is 0 Å². The van der Waals surface area contributed by atoms with Gasteiger partial charge >= 0.3 is 20.1 Å². The molecule has 0 N–H and O–H groups in total. The Labute approximate surface area is 202 Å². The summed E-state index contributed by atoms with van der Waals surface area (Å²) >= 11 is 3.58. The molecule has 2 nitrogen and oxygen atoms in total. The van der Waals surface area contributed by atoms with Gasteiger partial charge in [-0.25, -0.2) is 0 Å². The number of fused-ring (bicyclic) bond motifs is 2. The van der Waals surface area contributed by atoms with E-state index < -0.39 is 0 Å². The first kappa shape index (κ1) is 21.5. The van der Waals surface area contributed by atoms with Crippen LogP contribution < -0.4 is 0 Å². The average molecular weight is 615 g/mol. The first-order valence-electron chi connectivity index (χ1n) is 9.67. The Kier molecular flexibility index (Phi) is 7.00. The first-order valence-corrected chi connectivity index (χ1v) is 11.3. The Morgan fingerprint density at radius 3 is 1.29 bits per heavy atom. The third-order valence-corrected chi connectivity index (χ3v) is 6.96. The molecule has 0 radical (unpaired) electrons. The summed E-state index contributed by atoms with van der Waals surface area (Å²) in [6.45, 7) is 0. The minimum Gasteiger partial charge on any atom is -0.255 e. The van der Waals surface area contributed by atoms with Gasteiger partial charge in [0.2, 0.25) is 0 Å². The minimum absolute atomic E-state index is 0. The van der Waals surface area contributed by atoms with Crippen molar-refractivity contribution >= 4 is 42.8 Å². The van der Waals surface area contributed by atoms with Crippen molar-refractivity contribution in [2.45, 2.75) is 0 Å². The van der Waals surface area contributed by atoms with Gasteiger partial charge < -0.3 is 0 Å². The van der Waals surface area contributed by atoms with Crippen LogP contribution in [0, 0.1) is 0 Å². The fourth-order valence-electron chi connectivity index (χ4n) is 3.23. The zero-order valence-corrected chi connectivity index (χ0v) is 20.5. The Hall–Kier alpha value is -2.69. The van der Waals surface area contributed by atoms with E-state index in [9.17, 15) is 0 Å². The molecule has 4 aromatic heterocycles. The van der Waals surface area contributed by atoms with Gasteiger partial charge in [-0.15, -0.1) is 22.7 Å². The number of hydrogen-bond donors (Lipinski definition) is 0. The van der Waals surface area contributed by atoms with Crippen molar-refractivity contribution in [3.05, 3.63) is 109 Å². The summed E-state index contributed by atoms with van der Waals surface area (Å²) in [5, 5.41) is 2.59. The van der Waals surface area contributed by atoms with Gasteiger partial charge in [0.1, 0.15) is 0 Å². The van der Waals surface area contributed by atoms with Gasteiger partial charge in [0, 0.05) is 21.8 Å². The Morgan fingerprint density at radius 1 is 0.484 bits per heavy atom. The third-order valence-electron chi connectivity index (χ3n) is 4.69. The summed E-state index contributed by atoms with van der Waals surface area (Å²) in [7, 11) is 0. The number of rotatable bonds is 2. The summed E-state index contributed by atoms with van der Waals surface area (Å²) in [4.78, 5) is 11.2. The van der Waals surface area contributed by atoms with E-state index in [1.165, 1.54) is 29.9 Å². The minimum atomic E-state index is 0. The van der Waals surface area contributed by atoms with Crippen molar-refractivity contribution in [2.75, 3.05) is 0 Å². The Bertz CT molecular complexity index is 1220. The van der Waals surface area contributed by atoms with Crippen LogP contribution in [0.1, 0.15) is 0 Å². The second kappa shape index (κ2) is 10.1. The predicted molar refractivity (Wildman–Crippen MR) is 130 cm³/mol. The number of nitrogens with zero attached hydrogens (tertiary/aromatic N) is 2. The van der Waals surface area contributed by atoms with E-state index in [1.807, 2.05) is 48.8 Å². The van der Waals surface area contributed by atoms with Crippen molar-refractivity contribution in [2.24, 2.45) is 0 Å². The van der Waals surface area contributed by atoms with Crippen LogP contribution >= 0.6 is 22.7 Å². The summed E-state index contributed by atoms with van der Waals surface area (Å²) in [6.07, 6.45) is 3.67. The molecule has 0 atom stereocenters. The van der Waals surface area contributed by atoms with Crippen molar-refractivity contribution in [1.82, 2.24) is 9.97 Å². The van der Waals surface area contributed by atoms with Gasteiger partial charge in [0.15, 0.2) is 0 Å². The van der Waals surface area contributed by atoms with E-state index in [0.29, 0.717) is 0 Å². The average Bonchev–Trinajstić information content (AvgIpc) is 3.45. The molecule has 0 unspecified atom stereocenters. The van der Waals surface area contributed by atoms with Gasteiger partial charge in [-0.1, -0.05) is 48.5 Å². The topological polar surface area (TPSA) is 25.8 Å². The molecule has 0 saturated carbocycles. The molecule has 6 aromatic rings. The molecule has 6 rings (SSSR count). The van der Waals surface area contributed by atoms with Crippen LogP contribution in [-0.2, 0) is 20.1 Å². The molecule has 150 valence electrons. The number of hydrogen-bond acceptors (Lipinski definition) is 4. The molecule has 4 heterocycles. The largest absolute Gasteiger partial charge is 3.00 e. The Morgan fingerprint density at radius 2 is 0.903 bits per heavy atom. The molecule has 2 aromatic carbocycles. The summed E-state index contributed by atoms with van der Waals surface area (Å²) in [5.41, 5.74) is 2.11. The number of thiophene rings is 2. The molecule has 0 fully saturated rings. The zero-order chi connectivity index (χ0) is 20.2. The van der Waals surface area contributed by atoms with Crippen molar-refractivity contribution in [1.29, 1.82) is 0 Å². The van der Waals surface area contributed by atoms with Crippen LogP contribution in [0.3, 0.4) is 0 Å². The molecular formula is C26H18IrN2S2+3. The molecule has 0 saturated heterocycles. The second-order valence-corrected chi connectivity index (χ2v) is 8.89. The fourth-order valence-corrected chi connectivity index (χ4v) is 5.31. The zero-order valence-electron chi connectivity index (χ0n) is 16.4. The van der Waals surface area contributed by atoms with Crippen molar-refractivity contribution in [3.63, 3.8) is 0 Å². The van der Waals surface area contributed by atoms with Gasteiger partial charge in [-0.2, -0.15) is 0 Å². The third kappa shape index (κ3) is 4.97. The quantitative estimate of drug-likeness (QED) is 0.198. The van der Waals surface area contributed by atoms with Crippen molar-refractivity contribution in [3.8, 4) is 21.1 Å². The van der Waals surface area contributed by atoms with Gasteiger partial charge in [0.05, 0.1) is 21.1 Å². The van der Waals surface area contributed by atoms with E-state index in [0.717, 1.165) is 11.4 Å². The van der Waals surface area contributed by atoms with E-state index in [1.54, 1.807) is 22.7 Å². The van der Waals surface area contributed by atoms with Crippen LogP contribution in [-0.4, -0.2) is 9.97 Å². The molecule has 31 heavy (non-hydrogen) atoms. The molecule has 0 aliphatic rings. The van der Waals surface area contributed by atoms with Crippen LogP contribution in [0.4, 0.5) is 0 Å². The molecular weight excluding hydrogens is 597 g/mol. The van der Waals surface area contributed by atoms with Crippen LogP contribution in [0.2, 0.25) is 0 Å². The summed E-state index contributed by atoms with van der Waals surface area (Å²) in [6, 6.07) is 33.2. The van der Waals surface area contributed by atoms with E-state index in [2.05, 4.69) is 70.6 Å². The normalized spacial score (nSPS) is 10.3. The van der Waals surface area contributed by atoms with Gasteiger partial charge in [0.25, 0.3) is 0 Å². The summed E-state index contributed by atoms with van der Waals surface area (Å²) < 4.78 is 2.64. The molecule has 0 bridgehead atoms. The van der Waals surface area contributed by atoms with E-state index in [-0.39, 0.29) is 20.1 Å². The molecule has 0 aliphatic carbocycles. The smallest absolute Gasteiger partial charge is 0.255 e. The molecule has 0 spiro atoms. The van der Waals surface area contributed by atoms with Gasteiger partial charge in [-0.05, 0) is 59.3 Å². The fraction of sp³-hybridized carbons (Fsp3) is 0. The van der Waals surface area contributed by atoms with Crippen LogP contribution in [0.25, 0.3) is 41.3 Å². The summed E-state index contributed by atoms with van der Waals surface area (Å²) in [5.74, 6) is 0. The van der Waals surface area contributed by atoms with E-state index >= 15 is 0 Å². The predicted octanol–water partition coefficient (Wildman–Crippen LogP) is 7.92. The van der Waals surface area contributed by atoms with Gasteiger partial charge in [-0.3, -0.25) is 9.97 Å². The number of pyridine rings is 2. The molecule has 0 amide bonds. The monoisotopic (exact) mass is 615 g/mol. The SMILES string of the molecule is [Ir+3].c1ccc(-c2cc3ccccc3s2)nc1.c1ccc(-c2cc3ccccc3s2)nc1. The maximum Gasteiger partial charge on any atom is 3.00 e.